The SMILES string of the molecule is CC(S)[C@@H]1NC(=O)NC1=O. The first kappa shape index (κ1) is 7.40. The lowest BCUT2D eigenvalue weighted by atomic mass is 10.2. The van der Waals surface area contributed by atoms with E-state index in [4.69, 9.17) is 0 Å². The molecule has 1 rings (SSSR count). The smallest absolute Gasteiger partial charge is 0.322 e. The van der Waals surface area contributed by atoms with Gasteiger partial charge in [-0.15, -0.1) is 0 Å². The van der Waals surface area contributed by atoms with Gasteiger partial charge >= 0.3 is 6.03 Å². The second-order valence-corrected chi connectivity index (χ2v) is 3.00. The van der Waals surface area contributed by atoms with Gasteiger partial charge in [-0.25, -0.2) is 4.79 Å². The molecule has 1 aliphatic heterocycles. The van der Waals surface area contributed by atoms with Crippen molar-refractivity contribution in [3.8, 4) is 0 Å². The van der Waals surface area contributed by atoms with Crippen molar-refractivity contribution in [1.82, 2.24) is 10.6 Å². The fourth-order valence-corrected chi connectivity index (χ4v) is 0.982. The Bertz CT molecular complexity index is 180. The number of nitrogens with one attached hydrogen (secondary N) is 2. The number of hydrogen-bond acceptors (Lipinski definition) is 3. The molecule has 1 aliphatic rings. The Labute approximate surface area is 63.8 Å². The van der Waals surface area contributed by atoms with Crippen LogP contribution in [-0.2, 0) is 4.79 Å². The molecule has 0 aromatic heterocycles. The standard InChI is InChI=1S/C5H8N2O2S/c1-2(10)3-4(8)7-5(9)6-3/h2-3,10H,1H3,(H2,6,7,8,9)/t2?,3-/m0/s1. The summed E-state index contributed by atoms with van der Waals surface area (Å²) in [5.74, 6) is -0.299. The average molecular weight is 160 g/mol. The van der Waals surface area contributed by atoms with Crippen LogP contribution in [0, 0.1) is 0 Å². The van der Waals surface area contributed by atoms with E-state index in [0.717, 1.165) is 0 Å². The summed E-state index contributed by atoms with van der Waals surface area (Å²) in [5.41, 5.74) is 0. The molecular weight excluding hydrogens is 152 g/mol. The monoisotopic (exact) mass is 160 g/mol. The summed E-state index contributed by atoms with van der Waals surface area (Å²) in [6.07, 6.45) is 0. The topological polar surface area (TPSA) is 58.2 Å². The molecule has 0 radical (unpaired) electrons. The van der Waals surface area contributed by atoms with Gasteiger partial charge in [0.05, 0.1) is 0 Å². The number of hydrogen-bond donors (Lipinski definition) is 3. The minimum atomic E-state index is -0.476. The Morgan fingerprint density at radius 3 is 2.40 bits per heavy atom. The summed E-state index contributed by atoms with van der Waals surface area (Å²) in [5, 5.41) is 4.39. The molecule has 0 aromatic rings. The van der Waals surface area contributed by atoms with E-state index in [1.807, 2.05) is 0 Å². The lowest BCUT2D eigenvalue weighted by Crippen LogP contribution is -2.36. The summed E-state index contributed by atoms with van der Waals surface area (Å²) in [6.45, 7) is 1.75. The van der Waals surface area contributed by atoms with Crippen molar-refractivity contribution in [2.75, 3.05) is 0 Å². The van der Waals surface area contributed by atoms with Gasteiger partial charge in [0, 0.05) is 5.25 Å². The van der Waals surface area contributed by atoms with Gasteiger partial charge in [-0.05, 0) is 0 Å². The highest BCUT2D eigenvalue weighted by atomic mass is 32.1. The molecule has 3 amide bonds. The Morgan fingerprint density at radius 1 is 1.60 bits per heavy atom. The normalized spacial score (nSPS) is 27.6. The van der Waals surface area contributed by atoms with Gasteiger partial charge in [-0.2, -0.15) is 12.6 Å². The predicted molar refractivity (Wildman–Crippen MR) is 38.9 cm³/mol. The van der Waals surface area contributed by atoms with Gasteiger partial charge < -0.3 is 5.32 Å². The van der Waals surface area contributed by atoms with Crippen molar-refractivity contribution >= 4 is 24.6 Å². The van der Waals surface area contributed by atoms with E-state index in [1.54, 1.807) is 6.92 Å². The van der Waals surface area contributed by atoms with Gasteiger partial charge in [0.15, 0.2) is 0 Å². The van der Waals surface area contributed by atoms with Crippen LogP contribution in [0.3, 0.4) is 0 Å². The summed E-state index contributed by atoms with van der Waals surface area (Å²) < 4.78 is 0. The maximum Gasteiger partial charge on any atom is 0.322 e. The quantitative estimate of drug-likeness (QED) is 0.358. The first-order valence-corrected chi connectivity index (χ1v) is 3.42. The maximum absolute atomic E-state index is 10.8. The molecule has 1 heterocycles. The van der Waals surface area contributed by atoms with E-state index in [2.05, 4.69) is 23.3 Å². The van der Waals surface area contributed by atoms with Crippen molar-refractivity contribution < 1.29 is 9.59 Å². The van der Waals surface area contributed by atoms with Crippen LogP contribution in [-0.4, -0.2) is 23.2 Å². The van der Waals surface area contributed by atoms with Crippen molar-refractivity contribution in [2.45, 2.75) is 18.2 Å². The minimum absolute atomic E-state index is 0.147. The van der Waals surface area contributed by atoms with E-state index in [9.17, 15) is 9.59 Å². The van der Waals surface area contributed by atoms with E-state index >= 15 is 0 Å². The molecule has 0 spiro atoms. The summed E-state index contributed by atoms with van der Waals surface area (Å²) >= 11 is 4.02. The van der Waals surface area contributed by atoms with Crippen LogP contribution in [0.1, 0.15) is 6.92 Å². The van der Waals surface area contributed by atoms with E-state index in [1.165, 1.54) is 0 Å². The van der Waals surface area contributed by atoms with Crippen LogP contribution in [0.4, 0.5) is 4.79 Å². The molecule has 56 valence electrons. The van der Waals surface area contributed by atoms with Crippen LogP contribution in [0.5, 0.6) is 0 Å². The number of rotatable bonds is 1. The number of carbonyl (C=O) groups is 2. The van der Waals surface area contributed by atoms with E-state index in [0.29, 0.717) is 0 Å². The molecule has 10 heavy (non-hydrogen) atoms. The van der Waals surface area contributed by atoms with Crippen LogP contribution >= 0.6 is 12.6 Å². The van der Waals surface area contributed by atoms with Crippen LogP contribution < -0.4 is 10.6 Å². The zero-order valence-corrected chi connectivity index (χ0v) is 6.31. The second-order valence-electron chi connectivity index (χ2n) is 2.18. The molecule has 1 fully saturated rings. The fraction of sp³-hybridized carbons (Fsp3) is 0.600. The first-order chi connectivity index (χ1) is 4.61. The van der Waals surface area contributed by atoms with Gasteiger partial charge in [-0.3, -0.25) is 10.1 Å². The number of carbonyl (C=O) groups excluding carboxylic acids is 2. The zero-order valence-electron chi connectivity index (χ0n) is 5.42. The summed E-state index contributed by atoms with van der Waals surface area (Å²) in [7, 11) is 0. The van der Waals surface area contributed by atoms with Gasteiger partial charge in [-0.1, -0.05) is 6.92 Å². The van der Waals surface area contributed by atoms with Crippen molar-refractivity contribution in [1.29, 1.82) is 0 Å². The predicted octanol–water partition coefficient (Wildman–Crippen LogP) is -0.487. The average Bonchev–Trinajstić information content (AvgIpc) is 2.10. The Morgan fingerprint density at radius 2 is 2.20 bits per heavy atom. The molecule has 1 unspecified atom stereocenters. The van der Waals surface area contributed by atoms with Gasteiger partial charge in [0.1, 0.15) is 6.04 Å². The van der Waals surface area contributed by atoms with Gasteiger partial charge in [0.25, 0.3) is 5.91 Å². The molecule has 4 nitrogen and oxygen atoms in total. The van der Waals surface area contributed by atoms with Crippen molar-refractivity contribution in [3.05, 3.63) is 0 Å². The maximum atomic E-state index is 10.8. The van der Waals surface area contributed by atoms with Crippen molar-refractivity contribution in [3.63, 3.8) is 0 Å². The lowest BCUT2D eigenvalue weighted by Gasteiger charge is -2.08. The van der Waals surface area contributed by atoms with Crippen molar-refractivity contribution in [2.24, 2.45) is 0 Å². The van der Waals surface area contributed by atoms with E-state index < -0.39 is 12.1 Å². The summed E-state index contributed by atoms with van der Waals surface area (Å²) in [6, 6.07) is -0.910. The largest absolute Gasteiger partial charge is 0.325 e. The highest BCUT2D eigenvalue weighted by Crippen LogP contribution is 2.04. The van der Waals surface area contributed by atoms with Crippen LogP contribution in [0.25, 0.3) is 0 Å². The molecule has 0 saturated carbocycles. The third-order valence-corrected chi connectivity index (χ3v) is 1.59. The molecular formula is C5H8N2O2S. The van der Waals surface area contributed by atoms with Crippen LogP contribution in [0.15, 0.2) is 0 Å². The third kappa shape index (κ3) is 1.23. The molecule has 1 saturated heterocycles. The zero-order chi connectivity index (χ0) is 7.72. The highest BCUT2D eigenvalue weighted by Gasteiger charge is 2.31. The van der Waals surface area contributed by atoms with Crippen LogP contribution in [0.2, 0.25) is 0 Å². The molecule has 0 bridgehead atoms. The molecule has 0 aromatic carbocycles. The Balaban J connectivity index is 2.63. The summed E-state index contributed by atoms with van der Waals surface area (Å²) in [4.78, 5) is 21.3. The third-order valence-electron chi connectivity index (χ3n) is 1.29. The van der Waals surface area contributed by atoms with E-state index in [-0.39, 0.29) is 11.2 Å². The highest BCUT2D eigenvalue weighted by molar-refractivity contribution is 7.81. The first-order valence-electron chi connectivity index (χ1n) is 2.90. The number of urea groups is 1. The number of thiol groups is 1. The minimum Gasteiger partial charge on any atom is -0.325 e. The number of imide groups is 1. The lowest BCUT2D eigenvalue weighted by molar-refractivity contribution is -0.120. The Hall–Kier alpha value is -0.710. The molecule has 5 heteroatoms. The Kier molecular flexibility index (Phi) is 1.85. The fourth-order valence-electron chi connectivity index (χ4n) is 0.772. The van der Waals surface area contributed by atoms with Gasteiger partial charge in [0.2, 0.25) is 0 Å². The molecule has 2 N–H and O–H groups in total. The molecule has 0 aliphatic carbocycles. The number of amides is 3. The molecule has 2 atom stereocenters. The second kappa shape index (κ2) is 2.49.